The number of nitrogen functional groups attached to an aromatic ring is 1. The van der Waals surface area contributed by atoms with Crippen molar-refractivity contribution in [1.82, 2.24) is 14.6 Å². The van der Waals surface area contributed by atoms with Crippen LogP contribution in [0, 0.1) is 11.6 Å². The fourth-order valence-corrected chi connectivity index (χ4v) is 2.35. The summed E-state index contributed by atoms with van der Waals surface area (Å²) in [7, 11) is 1.18. The molecule has 0 amide bonds. The third kappa shape index (κ3) is 4.00. The van der Waals surface area contributed by atoms with Crippen molar-refractivity contribution >= 4 is 17.2 Å². The predicted octanol–water partition coefficient (Wildman–Crippen LogP) is 3.75. The van der Waals surface area contributed by atoms with E-state index in [4.69, 9.17) is 10.5 Å². The largest absolute Gasteiger partial charge is 0.494 e. The number of fused-ring (bicyclic) bond motifs is 1. The first-order chi connectivity index (χ1) is 13.2. The van der Waals surface area contributed by atoms with Crippen LogP contribution in [0.15, 0.2) is 24.4 Å². The predicted molar refractivity (Wildman–Crippen MR) is 89.5 cm³/mol. The number of hydrogen-bond donors (Lipinski definition) is 2. The van der Waals surface area contributed by atoms with Crippen molar-refractivity contribution in [2.24, 2.45) is 0 Å². The Labute approximate surface area is 154 Å². The zero-order valence-corrected chi connectivity index (χ0v) is 14.3. The van der Waals surface area contributed by atoms with Crippen molar-refractivity contribution in [2.45, 2.75) is 12.6 Å². The molecule has 2 aromatic heterocycles. The smallest absolute Gasteiger partial charge is 0.390 e. The summed E-state index contributed by atoms with van der Waals surface area (Å²) in [6.07, 6.45) is -4.20. The van der Waals surface area contributed by atoms with E-state index in [-0.39, 0.29) is 28.8 Å². The highest BCUT2D eigenvalue weighted by atomic mass is 19.4. The van der Waals surface area contributed by atoms with E-state index in [1.807, 2.05) is 0 Å². The van der Waals surface area contributed by atoms with Crippen molar-refractivity contribution in [1.29, 1.82) is 0 Å². The number of imidazole rings is 1. The number of ether oxygens (including phenoxy) is 2. The summed E-state index contributed by atoms with van der Waals surface area (Å²) in [5.74, 6) is -3.55. The van der Waals surface area contributed by atoms with Gasteiger partial charge in [0.1, 0.15) is 5.82 Å². The number of aromatic nitrogens is 3. The summed E-state index contributed by atoms with van der Waals surface area (Å²) in [4.78, 5) is 3.96. The van der Waals surface area contributed by atoms with Crippen LogP contribution in [0.2, 0.25) is 0 Å². The molecule has 0 unspecified atom stereocenters. The monoisotopic (exact) mass is 403 g/mol. The summed E-state index contributed by atoms with van der Waals surface area (Å²) in [5, 5.41) is 6.55. The standard InChI is InChI=1S/C16H14F5N5O2/c1-27-9-2-3-10(14(18)13(9)17)28-12-6-8(23-5-4-16(19,20)21)15-24-7-11(22)26(15)25-12/h2-3,6-7,23H,4-5,22H2,1H3. The molecular weight excluding hydrogens is 389 g/mol. The van der Waals surface area contributed by atoms with Gasteiger partial charge in [-0.2, -0.15) is 26.5 Å². The number of benzene rings is 1. The molecule has 0 bridgehead atoms. The highest BCUT2D eigenvalue weighted by molar-refractivity contribution is 5.70. The van der Waals surface area contributed by atoms with Crippen LogP contribution in [0.25, 0.3) is 5.65 Å². The Morgan fingerprint density at radius 2 is 1.86 bits per heavy atom. The molecule has 7 nitrogen and oxygen atoms in total. The molecule has 1 aromatic carbocycles. The van der Waals surface area contributed by atoms with Gasteiger partial charge in [-0.15, -0.1) is 5.10 Å². The number of nitrogens with one attached hydrogen (secondary N) is 1. The molecule has 3 rings (SSSR count). The molecular formula is C16H14F5N5O2. The van der Waals surface area contributed by atoms with Crippen molar-refractivity contribution in [2.75, 3.05) is 24.7 Å². The van der Waals surface area contributed by atoms with Gasteiger partial charge in [0.25, 0.3) is 0 Å². The summed E-state index contributed by atoms with van der Waals surface area (Å²) < 4.78 is 76.1. The van der Waals surface area contributed by atoms with Crippen LogP contribution >= 0.6 is 0 Å². The molecule has 12 heteroatoms. The molecule has 0 spiro atoms. The Balaban J connectivity index is 1.93. The van der Waals surface area contributed by atoms with E-state index in [9.17, 15) is 22.0 Å². The summed E-state index contributed by atoms with van der Waals surface area (Å²) in [6, 6.07) is 3.48. The van der Waals surface area contributed by atoms with Gasteiger partial charge >= 0.3 is 6.18 Å². The quantitative estimate of drug-likeness (QED) is 0.610. The lowest BCUT2D eigenvalue weighted by atomic mass is 10.3. The van der Waals surface area contributed by atoms with Crippen LogP contribution in [0.1, 0.15) is 6.42 Å². The van der Waals surface area contributed by atoms with E-state index in [1.165, 1.54) is 19.4 Å². The van der Waals surface area contributed by atoms with Crippen molar-refractivity contribution in [3.05, 3.63) is 36.0 Å². The molecule has 3 N–H and O–H groups in total. The van der Waals surface area contributed by atoms with E-state index in [0.717, 1.165) is 16.6 Å². The third-order valence-corrected chi connectivity index (χ3v) is 3.64. The number of hydrogen-bond acceptors (Lipinski definition) is 6. The SMILES string of the molecule is COc1ccc(Oc2cc(NCCC(F)(F)F)c3ncc(N)n3n2)c(F)c1F. The van der Waals surface area contributed by atoms with Crippen LogP contribution < -0.4 is 20.5 Å². The van der Waals surface area contributed by atoms with Gasteiger partial charge in [-0.3, -0.25) is 0 Å². The topological polar surface area (TPSA) is 86.7 Å². The second-order valence-corrected chi connectivity index (χ2v) is 5.60. The molecule has 0 saturated heterocycles. The average Bonchev–Trinajstić information content (AvgIpc) is 2.99. The molecule has 0 saturated carbocycles. The maximum absolute atomic E-state index is 14.1. The maximum atomic E-state index is 14.1. The van der Waals surface area contributed by atoms with Gasteiger partial charge in [0.05, 0.1) is 25.4 Å². The Morgan fingerprint density at radius 1 is 1.18 bits per heavy atom. The minimum Gasteiger partial charge on any atom is -0.494 e. The number of methoxy groups -OCH3 is 1. The molecule has 0 aliphatic heterocycles. The number of anilines is 2. The lowest BCUT2D eigenvalue weighted by Gasteiger charge is -2.13. The van der Waals surface area contributed by atoms with Gasteiger partial charge in [-0.05, 0) is 12.1 Å². The highest BCUT2D eigenvalue weighted by Gasteiger charge is 2.26. The number of rotatable bonds is 6. The summed E-state index contributed by atoms with van der Waals surface area (Å²) in [5.41, 5.74) is 5.99. The molecule has 2 heterocycles. The fraction of sp³-hybridized carbons (Fsp3) is 0.250. The number of nitrogens with zero attached hydrogens (tertiary/aromatic N) is 3. The highest BCUT2D eigenvalue weighted by Crippen LogP contribution is 2.32. The van der Waals surface area contributed by atoms with E-state index in [0.29, 0.717) is 0 Å². The maximum Gasteiger partial charge on any atom is 0.390 e. The normalized spacial score (nSPS) is 11.6. The minimum absolute atomic E-state index is 0.0701. The summed E-state index contributed by atoms with van der Waals surface area (Å²) in [6.45, 7) is -0.444. The first-order valence-electron chi connectivity index (χ1n) is 7.84. The number of alkyl halides is 3. The number of halogens is 5. The second-order valence-electron chi connectivity index (χ2n) is 5.60. The first-order valence-corrected chi connectivity index (χ1v) is 7.84. The van der Waals surface area contributed by atoms with Crippen LogP contribution in [0.4, 0.5) is 33.5 Å². The Bertz CT molecular complexity index is 1010. The molecule has 150 valence electrons. The van der Waals surface area contributed by atoms with Crippen LogP contribution in [0.3, 0.4) is 0 Å². The van der Waals surface area contributed by atoms with Crippen LogP contribution in [-0.2, 0) is 0 Å². The average molecular weight is 403 g/mol. The van der Waals surface area contributed by atoms with Crippen molar-refractivity contribution < 1.29 is 31.4 Å². The van der Waals surface area contributed by atoms with Gasteiger partial charge in [0.15, 0.2) is 17.1 Å². The van der Waals surface area contributed by atoms with Gasteiger partial charge in [-0.25, -0.2) is 4.98 Å². The van der Waals surface area contributed by atoms with E-state index < -0.39 is 36.5 Å². The second kappa shape index (κ2) is 7.37. The lowest BCUT2D eigenvalue weighted by Crippen LogP contribution is -2.15. The van der Waals surface area contributed by atoms with Crippen LogP contribution in [-0.4, -0.2) is 34.4 Å². The lowest BCUT2D eigenvalue weighted by molar-refractivity contribution is -0.131. The molecule has 3 aromatic rings. The zero-order chi connectivity index (χ0) is 20.5. The van der Waals surface area contributed by atoms with E-state index >= 15 is 0 Å². The van der Waals surface area contributed by atoms with Crippen molar-refractivity contribution in [3.8, 4) is 17.4 Å². The minimum atomic E-state index is -4.35. The number of nitrogens with two attached hydrogens (primary N) is 1. The van der Waals surface area contributed by atoms with Crippen LogP contribution in [0.5, 0.6) is 17.4 Å². The van der Waals surface area contributed by atoms with Crippen molar-refractivity contribution in [3.63, 3.8) is 0 Å². The Morgan fingerprint density at radius 3 is 2.54 bits per heavy atom. The molecule has 0 radical (unpaired) electrons. The van der Waals surface area contributed by atoms with Gasteiger partial charge in [-0.1, -0.05) is 0 Å². The van der Waals surface area contributed by atoms with Gasteiger partial charge in [0.2, 0.25) is 17.5 Å². The Kier molecular flexibility index (Phi) is 5.12. The van der Waals surface area contributed by atoms with E-state index in [2.05, 4.69) is 20.1 Å². The first kappa shape index (κ1) is 19.5. The molecule has 28 heavy (non-hydrogen) atoms. The van der Waals surface area contributed by atoms with Gasteiger partial charge in [0, 0.05) is 12.6 Å². The molecule has 0 aliphatic rings. The fourth-order valence-electron chi connectivity index (χ4n) is 2.35. The molecule has 0 atom stereocenters. The third-order valence-electron chi connectivity index (χ3n) is 3.64. The van der Waals surface area contributed by atoms with Gasteiger partial charge < -0.3 is 20.5 Å². The van der Waals surface area contributed by atoms with E-state index in [1.54, 1.807) is 0 Å². The molecule has 0 fully saturated rings. The molecule has 0 aliphatic carbocycles. The zero-order valence-electron chi connectivity index (χ0n) is 14.3. The summed E-state index contributed by atoms with van der Waals surface area (Å²) >= 11 is 0. The Hall–Kier alpha value is -3.31.